The number of likely N-dealkylation sites (tertiary alicyclic amines) is 2. The Morgan fingerprint density at radius 1 is 1.24 bits per heavy atom. The van der Waals surface area contributed by atoms with Gasteiger partial charge in [0.1, 0.15) is 0 Å². The third-order valence-electron chi connectivity index (χ3n) is 7.32. The molecule has 38 heavy (non-hydrogen) atoms. The van der Waals surface area contributed by atoms with Crippen LogP contribution in [0.1, 0.15) is 43.8 Å². The van der Waals surface area contributed by atoms with Gasteiger partial charge in [-0.2, -0.15) is 0 Å². The van der Waals surface area contributed by atoms with Crippen molar-refractivity contribution in [1.29, 1.82) is 0 Å². The third-order valence-corrected chi connectivity index (χ3v) is 7.56. The summed E-state index contributed by atoms with van der Waals surface area (Å²) >= 11 is 6.28. The first-order valence-electron chi connectivity index (χ1n) is 13.4. The fourth-order valence-electron chi connectivity index (χ4n) is 5.44. The normalized spacial score (nSPS) is 21.5. The molecule has 11 heteroatoms. The summed E-state index contributed by atoms with van der Waals surface area (Å²) in [6.07, 6.45) is 3.24. The molecule has 2 heterocycles. The second kappa shape index (κ2) is 15.1. The van der Waals surface area contributed by atoms with E-state index in [0.717, 1.165) is 37.8 Å². The molecule has 2 aliphatic rings. The van der Waals surface area contributed by atoms with Crippen LogP contribution in [0.25, 0.3) is 0 Å². The summed E-state index contributed by atoms with van der Waals surface area (Å²) in [6, 6.07) is 7.50. The number of carbonyl (C=O) groups is 3. The van der Waals surface area contributed by atoms with Gasteiger partial charge in [0.2, 0.25) is 5.91 Å². The average Bonchev–Trinajstić information content (AvgIpc) is 2.90. The maximum Gasteiger partial charge on any atom is 0.406 e. The summed E-state index contributed by atoms with van der Waals surface area (Å²) in [5.74, 6) is 0.629. The highest BCUT2D eigenvalue weighted by atomic mass is 35.5. The van der Waals surface area contributed by atoms with Gasteiger partial charge in [0.15, 0.2) is 0 Å². The number of rotatable bonds is 11. The van der Waals surface area contributed by atoms with Gasteiger partial charge in [0.05, 0.1) is 19.8 Å². The highest BCUT2D eigenvalue weighted by Gasteiger charge is 2.33. The van der Waals surface area contributed by atoms with Crippen LogP contribution in [0.3, 0.4) is 0 Å². The number of amides is 4. The fourth-order valence-corrected chi connectivity index (χ4v) is 5.64. The Kier molecular flexibility index (Phi) is 11.9. The van der Waals surface area contributed by atoms with Crippen molar-refractivity contribution < 1.29 is 23.9 Å². The molecule has 2 aliphatic heterocycles. The van der Waals surface area contributed by atoms with Gasteiger partial charge in [0.25, 0.3) is 0 Å². The van der Waals surface area contributed by atoms with Crippen LogP contribution < -0.4 is 16.0 Å². The first-order chi connectivity index (χ1) is 18.3. The maximum absolute atomic E-state index is 13.4. The SMILES string of the molecule is CNC[C@H](C[C@H]1CCC(=O)N(C)C1)NC(=O)N1CCC[C@@H]([C@@H](OCCNC(=O)OC)c2cccc(Cl)c2)C1. The number of hydrogen-bond acceptors (Lipinski definition) is 6. The molecule has 0 bridgehead atoms. The largest absolute Gasteiger partial charge is 0.453 e. The molecule has 4 amide bonds. The molecular weight excluding hydrogens is 510 g/mol. The zero-order chi connectivity index (χ0) is 27.5. The van der Waals surface area contributed by atoms with Crippen molar-refractivity contribution in [2.24, 2.45) is 11.8 Å². The van der Waals surface area contributed by atoms with Crippen LogP contribution in [0.5, 0.6) is 0 Å². The summed E-state index contributed by atoms with van der Waals surface area (Å²) in [6.45, 7) is 3.25. The number of nitrogens with zero attached hydrogens (tertiary/aromatic N) is 2. The van der Waals surface area contributed by atoms with Gasteiger partial charge in [-0.3, -0.25) is 4.79 Å². The van der Waals surface area contributed by atoms with Crippen LogP contribution in [0.15, 0.2) is 24.3 Å². The lowest BCUT2D eigenvalue weighted by atomic mass is 9.88. The highest BCUT2D eigenvalue weighted by molar-refractivity contribution is 6.30. The number of hydrogen-bond donors (Lipinski definition) is 3. The van der Waals surface area contributed by atoms with Gasteiger partial charge >= 0.3 is 12.1 Å². The van der Waals surface area contributed by atoms with E-state index in [2.05, 4.69) is 20.7 Å². The Bertz CT molecular complexity index is 935. The van der Waals surface area contributed by atoms with Gasteiger partial charge in [0, 0.05) is 63.2 Å². The third kappa shape index (κ3) is 9.03. The van der Waals surface area contributed by atoms with E-state index in [-0.39, 0.29) is 30.0 Å². The lowest BCUT2D eigenvalue weighted by molar-refractivity contribution is -0.133. The first-order valence-corrected chi connectivity index (χ1v) is 13.8. The molecule has 1 aromatic carbocycles. The molecule has 212 valence electrons. The molecule has 3 N–H and O–H groups in total. The van der Waals surface area contributed by atoms with Crippen LogP contribution in [0.2, 0.25) is 5.02 Å². The Labute approximate surface area is 230 Å². The number of ether oxygens (including phenoxy) is 2. The molecule has 1 aromatic rings. The molecule has 0 spiro atoms. The van der Waals surface area contributed by atoms with Gasteiger partial charge in [-0.05, 0) is 56.3 Å². The van der Waals surface area contributed by atoms with Gasteiger partial charge in [-0.25, -0.2) is 9.59 Å². The lowest BCUT2D eigenvalue weighted by Gasteiger charge is -2.38. The molecule has 3 rings (SSSR count). The van der Waals surface area contributed by atoms with Crippen molar-refractivity contribution in [3.05, 3.63) is 34.9 Å². The van der Waals surface area contributed by atoms with Crippen molar-refractivity contribution in [2.45, 2.75) is 44.2 Å². The fraction of sp³-hybridized carbons (Fsp3) is 0.667. The summed E-state index contributed by atoms with van der Waals surface area (Å²) in [4.78, 5) is 40.3. The van der Waals surface area contributed by atoms with E-state index in [0.29, 0.717) is 50.1 Å². The molecule has 0 aliphatic carbocycles. The number of likely N-dealkylation sites (N-methyl/N-ethyl adjacent to an activating group) is 1. The lowest BCUT2D eigenvalue weighted by Crippen LogP contribution is -2.52. The molecule has 10 nitrogen and oxygen atoms in total. The van der Waals surface area contributed by atoms with Crippen molar-refractivity contribution in [3.63, 3.8) is 0 Å². The Morgan fingerprint density at radius 3 is 2.76 bits per heavy atom. The standard InChI is InChI=1S/C27H42ClN5O5/c1-29-16-23(14-19-9-10-24(34)32(2)17-19)31-26(35)33-12-5-7-21(18-33)25(20-6-4-8-22(28)15-20)38-13-11-30-27(36)37-3/h4,6,8,15,19,21,23,25,29H,5,7,9-14,16-18H2,1-3H3,(H,30,36)(H,31,35)/t19-,21-,23+,25+/m1/s1. The zero-order valence-corrected chi connectivity index (χ0v) is 23.5. The molecule has 0 unspecified atom stereocenters. The van der Waals surface area contributed by atoms with Crippen LogP contribution in [-0.4, -0.2) is 94.4 Å². The number of piperidine rings is 2. The van der Waals surface area contributed by atoms with Crippen LogP contribution in [0.4, 0.5) is 9.59 Å². The minimum atomic E-state index is -0.504. The van der Waals surface area contributed by atoms with E-state index in [1.165, 1.54) is 7.11 Å². The van der Waals surface area contributed by atoms with Crippen LogP contribution in [0, 0.1) is 11.8 Å². The minimum Gasteiger partial charge on any atom is -0.453 e. The number of carbonyl (C=O) groups excluding carboxylic acids is 3. The predicted molar refractivity (Wildman–Crippen MR) is 146 cm³/mol. The summed E-state index contributed by atoms with van der Waals surface area (Å²) in [5.41, 5.74) is 0.951. The number of benzene rings is 1. The Morgan fingerprint density at radius 2 is 2.05 bits per heavy atom. The number of urea groups is 1. The zero-order valence-electron chi connectivity index (χ0n) is 22.7. The van der Waals surface area contributed by atoms with Crippen molar-refractivity contribution in [1.82, 2.24) is 25.8 Å². The summed E-state index contributed by atoms with van der Waals surface area (Å²) < 4.78 is 10.9. The van der Waals surface area contributed by atoms with Gasteiger partial charge in [-0.1, -0.05) is 23.7 Å². The molecule has 2 fully saturated rings. The van der Waals surface area contributed by atoms with E-state index < -0.39 is 6.09 Å². The maximum atomic E-state index is 13.4. The van der Waals surface area contributed by atoms with Crippen molar-refractivity contribution in [2.75, 3.05) is 60.5 Å². The Hall–Kier alpha value is -2.56. The van der Waals surface area contributed by atoms with Gasteiger partial charge in [-0.15, -0.1) is 0 Å². The summed E-state index contributed by atoms with van der Waals surface area (Å²) in [7, 11) is 5.05. The second-order valence-corrected chi connectivity index (χ2v) is 10.7. The summed E-state index contributed by atoms with van der Waals surface area (Å²) in [5, 5.41) is 9.70. The van der Waals surface area contributed by atoms with Gasteiger partial charge < -0.3 is 35.2 Å². The molecule has 4 atom stereocenters. The average molecular weight is 552 g/mol. The minimum absolute atomic E-state index is 0.0242. The molecule has 0 radical (unpaired) electrons. The topological polar surface area (TPSA) is 112 Å². The van der Waals surface area contributed by atoms with Crippen LogP contribution in [-0.2, 0) is 14.3 Å². The molecular formula is C27H42ClN5O5. The van der Waals surface area contributed by atoms with E-state index >= 15 is 0 Å². The number of alkyl carbamates (subject to hydrolysis) is 1. The van der Waals surface area contributed by atoms with E-state index in [1.807, 2.05) is 43.3 Å². The molecule has 0 aromatic heterocycles. The number of nitrogens with one attached hydrogen (secondary N) is 3. The van der Waals surface area contributed by atoms with E-state index in [1.54, 1.807) is 4.90 Å². The van der Waals surface area contributed by atoms with Crippen molar-refractivity contribution >= 4 is 29.6 Å². The second-order valence-electron chi connectivity index (χ2n) is 10.2. The number of halogens is 1. The quantitative estimate of drug-likeness (QED) is 0.364. The Balaban J connectivity index is 1.62. The van der Waals surface area contributed by atoms with Crippen molar-refractivity contribution in [3.8, 4) is 0 Å². The van der Waals surface area contributed by atoms with E-state index in [9.17, 15) is 14.4 Å². The molecule has 0 saturated carbocycles. The highest BCUT2D eigenvalue weighted by Crippen LogP contribution is 2.34. The predicted octanol–water partition coefficient (Wildman–Crippen LogP) is 3.02. The first kappa shape index (κ1) is 30.0. The smallest absolute Gasteiger partial charge is 0.406 e. The monoisotopic (exact) mass is 551 g/mol. The van der Waals surface area contributed by atoms with Crippen LogP contribution >= 0.6 is 11.6 Å². The number of methoxy groups -OCH3 is 1. The van der Waals surface area contributed by atoms with E-state index in [4.69, 9.17) is 16.3 Å². The molecule has 2 saturated heterocycles.